The SMILES string of the molecule is CCOC(=O)C(=C(C#N)C#N)c1ccccc1NC(=O)c1ccccc1. The molecule has 2 rings (SSSR count). The van der Waals surface area contributed by atoms with E-state index >= 15 is 0 Å². The number of hydrogen-bond acceptors (Lipinski definition) is 5. The van der Waals surface area contributed by atoms with E-state index < -0.39 is 5.97 Å². The van der Waals surface area contributed by atoms with Crippen molar-refractivity contribution in [2.45, 2.75) is 6.92 Å². The lowest BCUT2D eigenvalue weighted by Gasteiger charge is -2.13. The highest BCUT2D eigenvalue weighted by Crippen LogP contribution is 2.28. The average Bonchev–Trinajstić information content (AvgIpc) is 2.67. The molecule has 1 N–H and O–H groups in total. The Hall–Kier alpha value is -3.90. The Morgan fingerprint density at radius 3 is 2.23 bits per heavy atom. The monoisotopic (exact) mass is 345 g/mol. The van der Waals surface area contributed by atoms with Gasteiger partial charge >= 0.3 is 5.97 Å². The topological polar surface area (TPSA) is 103 Å². The first-order valence-electron chi connectivity index (χ1n) is 7.79. The lowest BCUT2D eigenvalue weighted by Crippen LogP contribution is -2.15. The van der Waals surface area contributed by atoms with E-state index in [1.54, 1.807) is 73.7 Å². The minimum absolute atomic E-state index is 0.0883. The molecule has 0 radical (unpaired) electrons. The molecule has 6 heteroatoms. The Kier molecular flexibility index (Phi) is 6.25. The van der Waals surface area contributed by atoms with Crippen molar-refractivity contribution in [3.05, 3.63) is 71.3 Å². The second-order valence-corrected chi connectivity index (χ2v) is 5.06. The zero-order chi connectivity index (χ0) is 18.9. The summed E-state index contributed by atoms with van der Waals surface area (Å²) in [5.41, 5.74) is 0.413. The molecule has 2 aromatic rings. The summed E-state index contributed by atoms with van der Waals surface area (Å²) in [6.07, 6.45) is 0. The molecular formula is C20H15N3O3. The highest BCUT2D eigenvalue weighted by molar-refractivity contribution is 6.21. The second kappa shape index (κ2) is 8.81. The minimum atomic E-state index is -0.799. The van der Waals surface area contributed by atoms with Gasteiger partial charge in [-0.05, 0) is 25.1 Å². The maximum atomic E-state index is 12.4. The summed E-state index contributed by atoms with van der Waals surface area (Å²) in [5, 5.41) is 21.1. The number of nitrogens with one attached hydrogen (secondary N) is 1. The Balaban J connectivity index is 2.51. The van der Waals surface area contributed by atoms with E-state index in [0.717, 1.165) is 0 Å². The maximum Gasteiger partial charge on any atom is 0.340 e. The standard InChI is InChI=1S/C20H15N3O3/c1-2-26-20(25)18(15(12-21)13-22)16-10-6-7-11-17(16)23-19(24)14-8-4-3-5-9-14/h3-11H,2H2,1H3,(H,23,24). The van der Waals surface area contributed by atoms with Crippen LogP contribution in [0.2, 0.25) is 0 Å². The third-order valence-electron chi connectivity index (χ3n) is 3.43. The quantitative estimate of drug-likeness (QED) is 0.509. The molecule has 0 aliphatic heterocycles. The maximum absolute atomic E-state index is 12.4. The zero-order valence-electron chi connectivity index (χ0n) is 14.0. The van der Waals surface area contributed by atoms with Gasteiger partial charge in [0, 0.05) is 16.8 Å². The van der Waals surface area contributed by atoms with Crippen molar-refractivity contribution in [2.75, 3.05) is 11.9 Å². The van der Waals surface area contributed by atoms with Crippen LogP contribution in [0, 0.1) is 22.7 Å². The minimum Gasteiger partial charge on any atom is -0.462 e. The summed E-state index contributed by atoms with van der Waals surface area (Å²) in [6, 6.07) is 18.4. The molecule has 0 atom stereocenters. The van der Waals surface area contributed by atoms with Gasteiger partial charge in [-0.25, -0.2) is 4.79 Å². The molecule has 0 spiro atoms. The van der Waals surface area contributed by atoms with Crippen LogP contribution < -0.4 is 5.32 Å². The lowest BCUT2D eigenvalue weighted by atomic mass is 9.99. The molecule has 2 aromatic carbocycles. The van der Waals surface area contributed by atoms with Gasteiger partial charge in [0.1, 0.15) is 17.7 Å². The second-order valence-electron chi connectivity index (χ2n) is 5.06. The van der Waals surface area contributed by atoms with Crippen molar-refractivity contribution in [3.63, 3.8) is 0 Å². The number of carbonyl (C=O) groups excluding carboxylic acids is 2. The van der Waals surface area contributed by atoms with E-state index in [4.69, 9.17) is 4.74 Å². The van der Waals surface area contributed by atoms with E-state index in [9.17, 15) is 20.1 Å². The number of para-hydroxylation sites is 1. The van der Waals surface area contributed by atoms with E-state index in [-0.39, 0.29) is 29.2 Å². The molecular weight excluding hydrogens is 330 g/mol. The van der Waals surface area contributed by atoms with Crippen molar-refractivity contribution >= 4 is 23.1 Å². The van der Waals surface area contributed by atoms with Crippen LogP contribution in [0.5, 0.6) is 0 Å². The molecule has 0 saturated carbocycles. The summed E-state index contributed by atoms with van der Waals surface area (Å²) in [5.74, 6) is -1.18. The van der Waals surface area contributed by atoms with E-state index in [1.807, 2.05) is 0 Å². The van der Waals surface area contributed by atoms with Crippen LogP contribution in [0.1, 0.15) is 22.8 Å². The fraction of sp³-hybridized carbons (Fsp3) is 0.100. The third-order valence-corrected chi connectivity index (χ3v) is 3.43. The van der Waals surface area contributed by atoms with Gasteiger partial charge in [0.2, 0.25) is 0 Å². The van der Waals surface area contributed by atoms with Crippen molar-refractivity contribution in [2.24, 2.45) is 0 Å². The predicted octanol–water partition coefficient (Wildman–Crippen LogP) is 3.30. The first kappa shape index (κ1) is 18.4. The number of rotatable bonds is 5. The molecule has 1 amide bonds. The Bertz CT molecular complexity index is 919. The molecule has 0 heterocycles. The molecule has 0 saturated heterocycles. The summed E-state index contributed by atoms with van der Waals surface area (Å²) in [7, 11) is 0. The molecule has 26 heavy (non-hydrogen) atoms. The number of esters is 1. The molecule has 6 nitrogen and oxygen atoms in total. The predicted molar refractivity (Wildman–Crippen MR) is 95.6 cm³/mol. The summed E-state index contributed by atoms with van der Waals surface area (Å²) >= 11 is 0. The van der Waals surface area contributed by atoms with Crippen LogP contribution in [0.15, 0.2) is 60.2 Å². The Labute approximate surface area is 150 Å². The van der Waals surface area contributed by atoms with Gasteiger partial charge in [0.15, 0.2) is 0 Å². The number of anilines is 1. The van der Waals surface area contributed by atoms with E-state index in [1.165, 1.54) is 0 Å². The van der Waals surface area contributed by atoms with Gasteiger partial charge in [-0.3, -0.25) is 4.79 Å². The number of allylic oxidation sites excluding steroid dienone is 1. The van der Waals surface area contributed by atoms with E-state index in [2.05, 4.69) is 5.32 Å². The van der Waals surface area contributed by atoms with Crippen molar-refractivity contribution in [3.8, 4) is 12.1 Å². The van der Waals surface area contributed by atoms with Crippen LogP contribution in [0.25, 0.3) is 5.57 Å². The molecule has 0 aromatic heterocycles. The molecule has 0 fully saturated rings. The number of benzene rings is 2. The molecule has 128 valence electrons. The molecule has 0 bridgehead atoms. The number of nitriles is 2. The highest BCUT2D eigenvalue weighted by atomic mass is 16.5. The first-order valence-corrected chi connectivity index (χ1v) is 7.79. The number of carbonyl (C=O) groups is 2. The van der Waals surface area contributed by atoms with Crippen LogP contribution >= 0.6 is 0 Å². The van der Waals surface area contributed by atoms with Crippen molar-refractivity contribution < 1.29 is 14.3 Å². The Morgan fingerprint density at radius 1 is 1.00 bits per heavy atom. The van der Waals surface area contributed by atoms with Crippen LogP contribution in [-0.4, -0.2) is 18.5 Å². The summed E-state index contributed by atoms with van der Waals surface area (Å²) in [6.45, 7) is 1.71. The smallest absolute Gasteiger partial charge is 0.340 e. The Morgan fingerprint density at radius 2 is 1.62 bits per heavy atom. The molecule has 0 aliphatic rings. The number of nitrogens with zero attached hydrogens (tertiary/aromatic N) is 2. The number of ether oxygens (including phenoxy) is 1. The van der Waals surface area contributed by atoms with Gasteiger partial charge in [-0.15, -0.1) is 0 Å². The van der Waals surface area contributed by atoms with Crippen LogP contribution in [0.4, 0.5) is 5.69 Å². The zero-order valence-corrected chi connectivity index (χ0v) is 14.0. The van der Waals surface area contributed by atoms with Crippen molar-refractivity contribution in [1.29, 1.82) is 10.5 Å². The van der Waals surface area contributed by atoms with Gasteiger partial charge in [-0.2, -0.15) is 10.5 Å². The lowest BCUT2D eigenvalue weighted by molar-refractivity contribution is -0.136. The highest BCUT2D eigenvalue weighted by Gasteiger charge is 2.22. The van der Waals surface area contributed by atoms with Crippen LogP contribution in [-0.2, 0) is 9.53 Å². The van der Waals surface area contributed by atoms with Gasteiger partial charge in [0.05, 0.1) is 12.2 Å². The number of amides is 1. The average molecular weight is 345 g/mol. The normalized spacial score (nSPS) is 9.35. The summed E-state index contributed by atoms with van der Waals surface area (Å²) < 4.78 is 4.98. The summed E-state index contributed by atoms with van der Waals surface area (Å²) in [4.78, 5) is 24.7. The van der Waals surface area contributed by atoms with Gasteiger partial charge < -0.3 is 10.1 Å². The third kappa shape index (κ3) is 4.14. The van der Waals surface area contributed by atoms with Crippen LogP contribution in [0.3, 0.4) is 0 Å². The largest absolute Gasteiger partial charge is 0.462 e. The first-order chi connectivity index (χ1) is 12.6. The fourth-order valence-corrected chi connectivity index (χ4v) is 2.28. The molecule has 0 unspecified atom stereocenters. The fourth-order valence-electron chi connectivity index (χ4n) is 2.28. The number of hydrogen-bond donors (Lipinski definition) is 1. The van der Waals surface area contributed by atoms with Gasteiger partial charge in [0.25, 0.3) is 5.91 Å². The van der Waals surface area contributed by atoms with Crippen molar-refractivity contribution in [1.82, 2.24) is 0 Å². The van der Waals surface area contributed by atoms with Gasteiger partial charge in [-0.1, -0.05) is 36.4 Å². The van der Waals surface area contributed by atoms with E-state index in [0.29, 0.717) is 11.3 Å². The molecule has 0 aliphatic carbocycles.